The van der Waals surface area contributed by atoms with Crippen LogP contribution in [0.25, 0.3) is 0 Å². The van der Waals surface area contributed by atoms with Gasteiger partial charge in [0.15, 0.2) is 0 Å². The quantitative estimate of drug-likeness (QED) is 0.849. The lowest BCUT2D eigenvalue weighted by Crippen LogP contribution is -2.02. The van der Waals surface area contributed by atoms with Gasteiger partial charge in [0.05, 0.1) is 16.3 Å². The summed E-state index contributed by atoms with van der Waals surface area (Å²) in [6.45, 7) is -2.65. The molecule has 0 fully saturated rings. The summed E-state index contributed by atoms with van der Waals surface area (Å²) in [4.78, 5) is 15.4. The highest BCUT2D eigenvalue weighted by molar-refractivity contribution is 7.98. The predicted octanol–water partition coefficient (Wildman–Crippen LogP) is 3.92. The summed E-state index contributed by atoms with van der Waals surface area (Å²) in [6.07, 6.45) is 2.50. The van der Waals surface area contributed by atoms with Gasteiger partial charge in [0.1, 0.15) is 5.82 Å². The summed E-state index contributed by atoms with van der Waals surface area (Å²) < 4.78 is 26.0. The minimum Gasteiger partial charge on any atom is -0.478 e. The van der Waals surface area contributed by atoms with Crippen LogP contribution in [0, 0.1) is 0 Å². The monoisotopic (exact) mass is 318 g/mol. The van der Waals surface area contributed by atoms with E-state index in [4.69, 9.17) is 16.7 Å². The molecule has 0 aliphatic carbocycles. The summed E-state index contributed by atoms with van der Waals surface area (Å²) >= 11 is 6.96. The summed E-state index contributed by atoms with van der Waals surface area (Å²) in [5, 5.41) is 9.08. The fraction of sp³-hybridized carbons (Fsp3) is 0.167. The molecule has 0 saturated carbocycles. The second kappa shape index (κ2) is 6.23. The van der Waals surface area contributed by atoms with E-state index in [2.05, 4.69) is 4.98 Å². The Hall–Kier alpha value is -1.60. The lowest BCUT2D eigenvalue weighted by atomic mass is 10.2. The number of halogens is 3. The molecule has 0 saturated heterocycles. The topological polar surface area (TPSA) is 55.1 Å². The van der Waals surface area contributed by atoms with Crippen LogP contribution in [0.15, 0.2) is 35.5 Å². The number of imidazole rings is 1. The molecule has 0 spiro atoms. The molecule has 106 valence electrons. The van der Waals surface area contributed by atoms with Crippen molar-refractivity contribution in [2.24, 2.45) is 0 Å². The standard InChI is InChI=1S/C12H9ClF2N2O2S/c13-9-2-1-7(5-8(9)11(18)19)20-6-10-16-3-4-17(10)12(14)15/h1-5,12H,6H2,(H,18,19). The minimum absolute atomic E-state index is 0.0196. The number of aromatic nitrogens is 2. The molecule has 1 heterocycles. The first-order chi connectivity index (χ1) is 9.49. The van der Waals surface area contributed by atoms with E-state index in [1.54, 1.807) is 6.07 Å². The predicted molar refractivity (Wildman–Crippen MR) is 71.5 cm³/mol. The number of benzene rings is 1. The van der Waals surface area contributed by atoms with Crippen LogP contribution in [0.1, 0.15) is 22.7 Å². The molecule has 2 rings (SSSR count). The van der Waals surface area contributed by atoms with Gasteiger partial charge in [-0.1, -0.05) is 11.6 Å². The maximum Gasteiger partial charge on any atom is 0.337 e. The first-order valence-corrected chi connectivity index (χ1v) is 6.81. The second-order valence-corrected chi connectivity index (χ2v) is 5.22. The van der Waals surface area contributed by atoms with Gasteiger partial charge in [-0.3, -0.25) is 4.57 Å². The lowest BCUT2D eigenvalue weighted by Gasteiger charge is -2.07. The Balaban J connectivity index is 2.13. The van der Waals surface area contributed by atoms with Crippen LogP contribution in [0.4, 0.5) is 8.78 Å². The third kappa shape index (κ3) is 3.29. The molecule has 0 radical (unpaired) electrons. The Morgan fingerprint density at radius 3 is 2.90 bits per heavy atom. The van der Waals surface area contributed by atoms with E-state index in [0.29, 0.717) is 4.90 Å². The third-order valence-electron chi connectivity index (χ3n) is 2.50. The largest absolute Gasteiger partial charge is 0.478 e. The van der Waals surface area contributed by atoms with Crippen LogP contribution >= 0.6 is 23.4 Å². The van der Waals surface area contributed by atoms with E-state index in [0.717, 1.165) is 4.57 Å². The van der Waals surface area contributed by atoms with Crippen LogP contribution in [0.3, 0.4) is 0 Å². The molecule has 0 bridgehead atoms. The van der Waals surface area contributed by atoms with Crippen molar-refractivity contribution in [1.82, 2.24) is 9.55 Å². The number of aromatic carboxylic acids is 1. The number of nitrogens with zero attached hydrogens (tertiary/aromatic N) is 2. The van der Waals surface area contributed by atoms with Crippen molar-refractivity contribution in [1.29, 1.82) is 0 Å². The van der Waals surface area contributed by atoms with E-state index >= 15 is 0 Å². The zero-order valence-electron chi connectivity index (χ0n) is 9.96. The normalized spacial score (nSPS) is 11.0. The van der Waals surface area contributed by atoms with E-state index < -0.39 is 12.5 Å². The first kappa shape index (κ1) is 14.8. The molecular weight excluding hydrogens is 310 g/mol. The number of hydrogen-bond donors (Lipinski definition) is 1. The van der Waals surface area contributed by atoms with E-state index in [-0.39, 0.29) is 22.2 Å². The average Bonchev–Trinajstić information content (AvgIpc) is 2.86. The molecule has 0 amide bonds. The maximum atomic E-state index is 12.6. The van der Waals surface area contributed by atoms with Crippen LogP contribution in [0.2, 0.25) is 5.02 Å². The molecule has 0 atom stereocenters. The first-order valence-electron chi connectivity index (χ1n) is 5.44. The molecule has 1 aromatic carbocycles. The van der Waals surface area contributed by atoms with Gasteiger partial charge >= 0.3 is 12.5 Å². The van der Waals surface area contributed by atoms with Gasteiger partial charge in [0, 0.05) is 17.3 Å². The molecule has 0 aliphatic rings. The molecule has 0 unspecified atom stereocenters. The SMILES string of the molecule is O=C(O)c1cc(SCc2nccn2C(F)F)ccc1Cl. The second-order valence-electron chi connectivity index (χ2n) is 3.76. The molecule has 2 aromatic rings. The van der Waals surface area contributed by atoms with Crippen molar-refractivity contribution >= 4 is 29.3 Å². The van der Waals surface area contributed by atoms with Crippen molar-refractivity contribution in [2.75, 3.05) is 0 Å². The summed E-state index contributed by atoms with van der Waals surface area (Å²) in [5.74, 6) is -0.707. The smallest absolute Gasteiger partial charge is 0.337 e. The molecule has 0 aliphatic heterocycles. The van der Waals surface area contributed by atoms with Crippen LogP contribution in [-0.2, 0) is 5.75 Å². The van der Waals surface area contributed by atoms with Gasteiger partial charge in [-0.05, 0) is 18.2 Å². The van der Waals surface area contributed by atoms with Crippen LogP contribution < -0.4 is 0 Å². The fourth-order valence-corrected chi connectivity index (χ4v) is 2.62. The zero-order chi connectivity index (χ0) is 14.7. The Bertz CT molecular complexity index is 634. The van der Waals surface area contributed by atoms with Crippen molar-refractivity contribution in [3.63, 3.8) is 0 Å². The molecule has 1 aromatic heterocycles. The Morgan fingerprint density at radius 1 is 1.50 bits per heavy atom. The molecule has 8 heteroatoms. The van der Waals surface area contributed by atoms with Gasteiger partial charge in [-0.25, -0.2) is 9.78 Å². The van der Waals surface area contributed by atoms with Gasteiger partial charge < -0.3 is 5.11 Å². The summed E-state index contributed by atoms with van der Waals surface area (Å²) in [6, 6.07) is 4.51. The highest BCUT2D eigenvalue weighted by Gasteiger charge is 2.13. The Kier molecular flexibility index (Phi) is 4.61. The fourth-order valence-electron chi connectivity index (χ4n) is 1.54. The van der Waals surface area contributed by atoms with Gasteiger partial charge in [-0.2, -0.15) is 8.78 Å². The molecule has 20 heavy (non-hydrogen) atoms. The number of carboxylic acid groups (broad SMARTS) is 1. The molecule has 1 N–H and O–H groups in total. The number of carboxylic acids is 1. The number of hydrogen-bond acceptors (Lipinski definition) is 3. The summed E-state index contributed by atoms with van der Waals surface area (Å²) in [7, 11) is 0. The van der Waals surface area contributed by atoms with Crippen molar-refractivity contribution in [2.45, 2.75) is 17.2 Å². The highest BCUT2D eigenvalue weighted by atomic mass is 35.5. The van der Waals surface area contributed by atoms with Gasteiger partial charge in [-0.15, -0.1) is 11.8 Å². The lowest BCUT2D eigenvalue weighted by molar-refractivity contribution is 0.0675. The van der Waals surface area contributed by atoms with Gasteiger partial charge in [0.25, 0.3) is 0 Å². The molecule has 4 nitrogen and oxygen atoms in total. The van der Waals surface area contributed by atoms with Crippen molar-refractivity contribution in [3.8, 4) is 0 Å². The zero-order valence-corrected chi connectivity index (χ0v) is 11.5. The van der Waals surface area contributed by atoms with E-state index in [1.807, 2.05) is 0 Å². The highest BCUT2D eigenvalue weighted by Crippen LogP contribution is 2.27. The van der Waals surface area contributed by atoms with Crippen molar-refractivity contribution in [3.05, 3.63) is 47.0 Å². The minimum atomic E-state index is -2.65. The average molecular weight is 319 g/mol. The molecular formula is C12H9ClF2N2O2S. The Labute approximate surface area is 122 Å². The van der Waals surface area contributed by atoms with Crippen LogP contribution in [-0.4, -0.2) is 20.6 Å². The van der Waals surface area contributed by atoms with E-state index in [1.165, 1.54) is 36.3 Å². The number of alkyl halides is 2. The number of rotatable bonds is 5. The number of thioether (sulfide) groups is 1. The maximum absolute atomic E-state index is 12.6. The van der Waals surface area contributed by atoms with Gasteiger partial charge in [0.2, 0.25) is 0 Å². The Morgan fingerprint density at radius 2 is 2.25 bits per heavy atom. The van der Waals surface area contributed by atoms with Crippen LogP contribution in [0.5, 0.6) is 0 Å². The summed E-state index contributed by atoms with van der Waals surface area (Å²) in [5.41, 5.74) is -0.0196. The van der Waals surface area contributed by atoms with Crippen molar-refractivity contribution < 1.29 is 18.7 Å². The number of carbonyl (C=O) groups is 1. The third-order valence-corrected chi connectivity index (χ3v) is 3.81. The van der Waals surface area contributed by atoms with E-state index in [9.17, 15) is 13.6 Å².